The Morgan fingerprint density at radius 3 is 2.63 bits per heavy atom. The van der Waals surface area contributed by atoms with Crippen molar-refractivity contribution in [3.8, 4) is 28.4 Å². The number of benzene rings is 3. The molecule has 0 amide bonds. The first-order valence-corrected chi connectivity index (χ1v) is 8.79. The van der Waals surface area contributed by atoms with Gasteiger partial charge in [-0.15, -0.1) is 0 Å². The fourth-order valence-electron chi connectivity index (χ4n) is 3.03. The van der Waals surface area contributed by atoms with Crippen molar-refractivity contribution in [3.63, 3.8) is 0 Å². The van der Waals surface area contributed by atoms with Crippen molar-refractivity contribution in [3.05, 3.63) is 87.7 Å². The van der Waals surface area contributed by atoms with E-state index in [0.29, 0.717) is 27.2 Å². The molecule has 0 bridgehead atoms. The third-order valence-electron chi connectivity index (χ3n) is 4.39. The Bertz CT molecular complexity index is 1210. The fourth-order valence-corrected chi connectivity index (χ4v) is 3.21. The van der Waals surface area contributed by atoms with Gasteiger partial charge in [-0.1, -0.05) is 41.9 Å². The molecule has 4 rings (SSSR count). The molecule has 0 atom stereocenters. The largest absolute Gasteiger partial charge is 0.506 e. The Morgan fingerprint density at radius 2 is 1.81 bits per heavy atom. The van der Waals surface area contributed by atoms with Crippen molar-refractivity contribution < 1.29 is 9.84 Å². The van der Waals surface area contributed by atoms with Crippen LogP contribution in [-0.2, 0) is 0 Å². The second kappa shape index (κ2) is 6.82. The van der Waals surface area contributed by atoms with Crippen LogP contribution in [0.3, 0.4) is 0 Å². The van der Waals surface area contributed by atoms with E-state index < -0.39 is 5.56 Å². The van der Waals surface area contributed by atoms with Gasteiger partial charge in [-0.05, 0) is 54.4 Å². The number of hydrogen-bond acceptors (Lipinski definition) is 3. The Kier molecular flexibility index (Phi) is 4.34. The van der Waals surface area contributed by atoms with Gasteiger partial charge in [0.1, 0.15) is 17.2 Å². The van der Waals surface area contributed by atoms with E-state index in [1.54, 1.807) is 36.4 Å². The van der Waals surface area contributed by atoms with Gasteiger partial charge in [-0.2, -0.15) is 0 Å². The summed E-state index contributed by atoms with van der Waals surface area (Å²) >= 11 is 5.97. The SMILES string of the molecule is Cc1ccccc1Oc1cccc(-c2c(O)c3ccc(Cl)cc3[nH]c2=O)c1. The molecule has 4 aromatic rings. The van der Waals surface area contributed by atoms with Crippen molar-refractivity contribution in [2.75, 3.05) is 0 Å². The van der Waals surface area contributed by atoms with E-state index in [0.717, 1.165) is 11.3 Å². The lowest BCUT2D eigenvalue weighted by molar-refractivity contribution is 0.478. The maximum Gasteiger partial charge on any atom is 0.260 e. The van der Waals surface area contributed by atoms with Gasteiger partial charge < -0.3 is 14.8 Å². The van der Waals surface area contributed by atoms with Crippen LogP contribution in [0.1, 0.15) is 5.56 Å². The van der Waals surface area contributed by atoms with Crippen LogP contribution < -0.4 is 10.3 Å². The van der Waals surface area contributed by atoms with Crippen LogP contribution >= 0.6 is 11.6 Å². The highest BCUT2D eigenvalue weighted by molar-refractivity contribution is 6.31. The number of H-pyrrole nitrogens is 1. The molecule has 0 aliphatic carbocycles. The van der Waals surface area contributed by atoms with E-state index >= 15 is 0 Å². The monoisotopic (exact) mass is 377 g/mol. The van der Waals surface area contributed by atoms with Gasteiger partial charge in [0, 0.05) is 10.4 Å². The van der Waals surface area contributed by atoms with Crippen molar-refractivity contribution in [1.82, 2.24) is 4.98 Å². The van der Waals surface area contributed by atoms with Gasteiger partial charge in [0.05, 0.1) is 11.1 Å². The minimum absolute atomic E-state index is 0.0848. The standard InChI is InChI=1S/C22H16ClNO3/c1-13-5-2-3-8-19(13)27-16-7-4-6-14(11-16)20-21(25)17-10-9-15(23)12-18(17)24-22(20)26/h2-12H,1H3,(H2,24,25,26). The van der Waals surface area contributed by atoms with Crippen LogP contribution in [-0.4, -0.2) is 10.1 Å². The number of halogens is 1. The van der Waals surface area contributed by atoms with Gasteiger partial charge in [0.15, 0.2) is 0 Å². The maximum absolute atomic E-state index is 12.6. The average Bonchev–Trinajstić information content (AvgIpc) is 2.64. The van der Waals surface area contributed by atoms with E-state index in [1.807, 2.05) is 37.3 Å². The molecule has 5 heteroatoms. The molecule has 1 heterocycles. The quantitative estimate of drug-likeness (QED) is 0.484. The zero-order valence-electron chi connectivity index (χ0n) is 14.5. The number of fused-ring (bicyclic) bond motifs is 1. The van der Waals surface area contributed by atoms with E-state index in [9.17, 15) is 9.90 Å². The average molecular weight is 378 g/mol. The highest BCUT2D eigenvalue weighted by Gasteiger charge is 2.15. The molecule has 0 unspecified atom stereocenters. The van der Waals surface area contributed by atoms with E-state index in [-0.39, 0.29) is 11.3 Å². The van der Waals surface area contributed by atoms with Gasteiger partial charge in [0.25, 0.3) is 5.56 Å². The Morgan fingerprint density at radius 1 is 1.00 bits per heavy atom. The zero-order chi connectivity index (χ0) is 19.0. The molecule has 0 spiro atoms. The predicted octanol–water partition coefficient (Wildman–Crippen LogP) is 5.65. The lowest BCUT2D eigenvalue weighted by atomic mass is 10.0. The lowest BCUT2D eigenvalue weighted by Gasteiger charge is -2.11. The highest BCUT2D eigenvalue weighted by atomic mass is 35.5. The van der Waals surface area contributed by atoms with Crippen molar-refractivity contribution in [1.29, 1.82) is 0 Å². The van der Waals surface area contributed by atoms with Crippen LogP contribution in [0, 0.1) is 6.92 Å². The summed E-state index contributed by atoms with van der Waals surface area (Å²) in [5.74, 6) is 1.23. The molecule has 0 aliphatic heterocycles. The molecule has 0 aliphatic rings. The molecule has 0 fully saturated rings. The molecular formula is C22H16ClNO3. The van der Waals surface area contributed by atoms with Crippen LogP contribution in [0.4, 0.5) is 0 Å². The number of hydrogen-bond donors (Lipinski definition) is 2. The Hall–Kier alpha value is -3.24. The number of aromatic hydroxyl groups is 1. The summed E-state index contributed by atoms with van der Waals surface area (Å²) < 4.78 is 5.94. The lowest BCUT2D eigenvalue weighted by Crippen LogP contribution is -2.09. The number of aromatic nitrogens is 1. The number of aryl methyl sites for hydroxylation is 1. The molecule has 4 nitrogen and oxygen atoms in total. The molecule has 0 saturated carbocycles. The topological polar surface area (TPSA) is 62.3 Å². The van der Waals surface area contributed by atoms with Crippen LogP contribution in [0.2, 0.25) is 5.02 Å². The van der Waals surface area contributed by atoms with E-state index in [4.69, 9.17) is 16.3 Å². The summed E-state index contributed by atoms with van der Waals surface area (Å²) in [7, 11) is 0. The number of rotatable bonds is 3. The summed E-state index contributed by atoms with van der Waals surface area (Å²) in [4.78, 5) is 15.4. The minimum Gasteiger partial charge on any atom is -0.506 e. The Labute approximate surface area is 160 Å². The number of para-hydroxylation sites is 1. The first kappa shape index (κ1) is 17.2. The van der Waals surface area contributed by atoms with E-state index in [2.05, 4.69) is 4.98 Å². The second-order valence-electron chi connectivity index (χ2n) is 6.26. The van der Waals surface area contributed by atoms with Crippen LogP contribution in [0.25, 0.3) is 22.0 Å². The van der Waals surface area contributed by atoms with Gasteiger partial charge in [-0.25, -0.2) is 0 Å². The molecule has 3 aromatic carbocycles. The summed E-state index contributed by atoms with van der Waals surface area (Å²) in [6.45, 7) is 1.96. The molecule has 134 valence electrons. The first-order valence-electron chi connectivity index (χ1n) is 8.41. The van der Waals surface area contributed by atoms with Crippen LogP contribution in [0.15, 0.2) is 71.5 Å². The fraction of sp³-hybridized carbons (Fsp3) is 0.0455. The smallest absolute Gasteiger partial charge is 0.260 e. The highest BCUT2D eigenvalue weighted by Crippen LogP contribution is 2.35. The molecule has 1 aromatic heterocycles. The van der Waals surface area contributed by atoms with E-state index in [1.165, 1.54) is 0 Å². The van der Waals surface area contributed by atoms with Crippen molar-refractivity contribution >= 4 is 22.5 Å². The molecule has 0 radical (unpaired) electrons. The maximum atomic E-state index is 12.6. The molecule has 2 N–H and O–H groups in total. The van der Waals surface area contributed by atoms with Crippen LogP contribution in [0.5, 0.6) is 17.2 Å². The summed E-state index contributed by atoms with van der Waals surface area (Å²) in [5.41, 5.74) is 1.86. The predicted molar refractivity (Wildman–Crippen MR) is 108 cm³/mol. The summed E-state index contributed by atoms with van der Waals surface area (Å²) in [6.07, 6.45) is 0. The number of pyridine rings is 1. The number of nitrogens with one attached hydrogen (secondary N) is 1. The van der Waals surface area contributed by atoms with Crippen molar-refractivity contribution in [2.45, 2.75) is 6.92 Å². The molecule has 0 saturated heterocycles. The van der Waals surface area contributed by atoms with Gasteiger partial charge in [0.2, 0.25) is 0 Å². The van der Waals surface area contributed by atoms with Crippen molar-refractivity contribution in [2.24, 2.45) is 0 Å². The number of ether oxygens (including phenoxy) is 1. The zero-order valence-corrected chi connectivity index (χ0v) is 15.2. The summed E-state index contributed by atoms with van der Waals surface area (Å²) in [5, 5.41) is 11.7. The number of aromatic amines is 1. The second-order valence-corrected chi connectivity index (χ2v) is 6.70. The third kappa shape index (κ3) is 3.27. The first-order chi connectivity index (χ1) is 13.0. The van der Waals surface area contributed by atoms with Gasteiger partial charge >= 0.3 is 0 Å². The third-order valence-corrected chi connectivity index (χ3v) is 4.63. The normalized spacial score (nSPS) is 10.9. The minimum atomic E-state index is -0.393. The van der Waals surface area contributed by atoms with Gasteiger partial charge in [-0.3, -0.25) is 4.79 Å². The Balaban J connectivity index is 1.81. The molecular weight excluding hydrogens is 362 g/mol. The molecule has 27 heavy (non-hydrogen) atoms. The summed E-state index contributed by atoms with van der Waals surface area (Å²) in [6, 6.07) is 19.7.